The van der Waals surface area contributed by atoms with Gasteiger partial charge < -0.3 is 10.6 Å². The summed E-state index contributed by atoms with van der Waals surface area (Å²) in [6, 6.07) is 0. The predicted molar refractivity (Wildman–Crippen MR) is 119 cm³/mol. The number of nitrogens with one attached hydrogen (secondary N) is 1. The number of carbonyl (C=O) groups excluding carboxylic acids is 1. The Morgan fingerprint density at radius 2 is 1.52 bits per heavy atom. The molecule has 29 heavy (non-hydrogen) atoms. The number of hydrogen-bond donors (Lipinski definition) is 2. The molecule has 0 unspecified atom stereocenters. The first-order valence-corrected chi connectivity index (χ1v) is 11.4. The molecule has 170 valence electrons. The van der Waals surface area contributed by atoms with Crippen LogP contribution in [0.3, 0.4) is 0 Å². The van der Waals surface area contributed by atoms with E-state index in [1.54, 1.807) is 0 Å². The second-order valence-electron chi connectivity index (χ2n) is 7.83. The first kappa shape index (κ1) is 27.1. The van der Waals surface area contributed by atoms with Gasteiger partial charge in [0, 0.05) is 25.6 Å². The van der Waals surface area contributed by atoms with E-state index in [4.69, 9.17) is 5.73 Å². The van der Waals surface area contributed by atoms with Crippen molar-refractivity contribution in [1.29, 1.82) is 0 Å². The van der Waals surface area contributed by atoms with E-state index in [-0.39, 0.29) is 17.8 Å². The summed E-state index contributed by atoms with van der Waals surface area (Å²) in [6.45, 7) is 8.44. The normalized spacial score (nSPS) is 12.6. The first-order chi connectivity index (χ1) is 13.9. The Morgan fingerprint density at radius 3 is 2.00 bits per heavy atom. The molecule has 0 aromatic heterocycles. The zero-order valence-corrected chi connectivity index (χ0v) is 18.8. The van der Waals surface area contributed by atoms with Crippen molar-refractivity contribution in [2.75, 3.05) is 19.6 Å². The number of rotatable bonds is 18. The Hall–Kier alpha value is -1.86. The van der Waals surface area contributed by atoms with Crippen LogP contribution in [0.25, 0.3) is 0 Å². The summed E-state index contributed by atoms with van der Waals surface area (Å²) in [5, 5.41) is 9.56. The van der Waals surface area contributed by atoms with Gasteiger partial charge in [0.05, 0.1) is 0 Å². The quantitative estimate of drug-likeness (QED) is 0.114. The molecule has 0 radical (unpaired) electrons. The molecule has 8 nitrogen and oxygen atoms in total. The molecule has 0 fully saturated rings. The summed E-state index contributed by atoms with van der Waals surface area (Å²) in [4.78, 5) is 29.2. The Bertz CT molecular complexity index is 457. The Labute approximate surface area is 176 Å². The van der Waals surface area contributed by atoms with Crippen LogP contribution in [-0.2, 0) is 4.79 Å². The van der Waals surface area contributed by atoms with Crippen LogP contribution in [0.4, 0.5) is 0 Å². The smallest absolute Gasteiger partial charge is 0.251 e. The minimum Gasteiger partial charge on any atom is -0.365 e. The molecule has 0 aliphatic rings. The SMILES string of the molecule is CCCCCCCN(CCCCCCC)C(=O)[C@@H](C)CCCN=C(N)N[N+](=O)[O-]. The summed E-state index contributed by atoms with van der Waals surface area (Å²) >= 11 is 0. The zero-order chi connectivity index (χ0) is 21.9. The van der Waals surface area contributed by atoms with Crippen LogP contribution >= 0.6 is 0 Å². The maximum atomic E-state index is 12.9. The Kier molecular flexibility index (Phi) is 17.0. The molecule has 0 bridgehead atoms. The van der Waals surface area contributed by atoms with E-state index in [1.807, 2.05) is 12.3 Å². The average Bonchev–Trinajstić information content (AvgIpc) is 2.68. The third-order valence-electron chi connectivity index (χ3n) is 5.08. The highest BCUT2D eigenvalue weighted by molar-refractivity contribution is 5.78. The van der Waals surface area contributed by atoms with Gasteiger partial charge in [-0.05, 0) is 25.7 Å². The van der Waals surface area contributed by atoms with E-state index in [1.165, 1.54) is 51.4 Å². The van der Waals surface area contributed by atoms with Crippen LogP contribution in [-0.4, -0.2) is 41.4 Å². The second-order valence-corrected chi connectivity index (χ2v) is 7.83. The molecule has 1 amide bonds. The number of carbonyl (C=O) groups is 1. The molecule has 0 aromatic rings. The van der Waals surface area contributed by atoms with Crippen LogP contribution < -0.4 is 11.2 Å². The lowest BCUT2D eigenvalue weighted by molar-refractivity contribution is -0.525. The van der Waals surface area contributed by atoms with Crippen molar-refractivity contribution < 1.29 is 9.83 Å². The number of nitrogens with zero attached hydrogens (tertiary/aromatic N) is 3. The monoisotopic (exact) mass is 413 g/mol. The molecule has 0 rings (SSSR count). The lowest BCUT2D eigenvalue weighted by Gasteiger charge is -2.26. The molecule has 0 heterocycles. The van der Waals surface area contributed by atoms with Crippen molar-refractivity contribution >= 4 is 11.9 Å². The van der Waals surface area contributed by atoms with Crippen molar-refractivity contribution in [2.24, 2.45) is 16.6 Å². The van der Waals surface area contributed by atoms with Crippen molar-refractivity contribution in [3.05, 3.63) is 10.1 Å². The molecule has 3 N–H and O–H groups in total. The molecular formula is C21H43N5O3. The lowest BCUT2D eigenvalue weighted by Crippen LogP contribution is -2.37. The molecule has 0 saturated heterocycles. The maximum Gasteiger partial charge on any atom is 0.251 e. The fourth-order valence-corrected chi connectivity index (χ4v) is 3.31. The van der Waals surface area contributed by atoms with Gasteiger partial charge in [0.25, 0.3) is 5.96 Å². The van der Waals surface area contributed by atoms with Crippen molar-refractivity contribution in [3.8, 4) is 0 Å². The highest BCUT2D eigenvalue weighted by Gasteiger charge is 2.19. The van der Waals surface area contributed by atoms with Crippen molar-refractivity contribution in [2.45, 2.75) is 97.8 Å². The largest absolute Gasteiger partial charge is 0.365 e. The van der Waals surface area contributed by atoms with Crippen molar-refractivity contribution in [1.82, 2.24) is 10.3 Å². The Balaban J connectivity index is 4.41. The van der Waals surface area contributed by atoms with Gasteiger partial charge in [-0.2, -0.15) is 0 Å². The number of aliphatic imine (C=N–C) groups is 1. The highest BCUT2D eigenvalue weighted by Crippen LogP contribution is 2.14. The molecular weight excluding hydrogens is 370 g/mol. The topological polar surface area (TPSA) is 114 Å². The fraction of sp³-hybridized carbons (Fsp3) is 0.905. The number of nitrogens with two attached hydrogens (primary N) is 1. The zero-order valence-electron chi connectivity index (χ0n) is 18.8. The number of guanidine groups is 1. The van der Waals surface area contributed by atoms with E-state index >= 15 is 0 Å². The maximum absolute atomic E-state index is 12.9. The number of nitro groups is 1. The summed E-state index contributed by atoms with van der Waals surface area (Å²) in [5.74, 6) is -0.0488. The molecule has 0 aromatic carbocycles. The second kappa shape index (κ2) is 18.2. The molecule has 0 saturated carbocycles. The lowest BCUT2D eigenvalue weighted by atomic mass is 10.0. The number of unbranched alkanes of at least 4 members (excludes halogenated alkanes) is 8. The summed E-state index contributed by atoms with van der Waals surface area (Å²) in [5.41, 5.74) is 7.22. The standard InChI is InChI=1S/C21H43N5O3/c1-4-6-8-10-12-17-25(18-13-11-9-7-5-2)20(27)19(3)15-14-16-23-21(22)24-26(28)29/h19H,4-18H2,1-3H3,(H3,22,23,24)/t19-/m0/s1. The van der Waals surface area contributed by atoms with E-state index < -0.39 is 5.03 Å². The summed E-state index contributed by atoms with van der Waals surface area (Å²) in [7, 11) is 0. The van der Waals surface area contributed by atoms with Crippen LogP contribution in [0.5, 0.6) is 0 Å². The molecule has 8 heteroatoms. The number of hydrazine groups is 1. The van der Waals surface area contributed by atoms with Crippen LogP contribution in [0, 0.1) is 16.0 Å². The van der Waals surface area contributed by atoms with Gasteiger partial charge in [-0.25, -0.2) is 15.1 Å². The van der Waals surface area contributed by atoms with Crippen LogP contribution in [0.2, 0.25) is 0 Å². The average molecular weight is 414 g/mol. The summed E-state index contributed by atoms with van der Waals surface area (Å²) in [6.07, 6.45) is 13.3. The van der Waals surface area contributed by atoms with E-state index in [0.29, 0.717) is 19.4 Å². The number of hydrogen-bond acceptors (Lipinski definition) is 4. The van der Waals surface area contributed by atoms with Gasteiger partial charge in [-0.15, -0.1) is 0 Å². The molecule has 0 aliphatic carbocycles. The number of amides is 1. The van der Waals surface area contributed by atoms with Gasteiger partial charge in [-0.1, -0.05) is 77.6 Å². The van der Waals surface area contributed by atoms with Gasteiger partial charge in [0.15, 0.2) is 5.03 Å². The van der Waals surface area contributed by atoms with Crippen LogP contribution in [0.1, 0.15) is 97.8 Å². The highest BCUT2D eigenvalue weighted by atomic mass is 16.7. The minimum atomic E-state index is -0.732. The van der Waals surface area contributed by atoms with Gasteiger partial charge in [-0.3, -0.25) is 4.79 Å². The van der Waals surface area contributed by atoms with Gasteiger partial charge in [0.1, 0.15) is 0 Å². The van der Waals surface area contributed by atoms with Crippen LogP contribution in [0.15, 0.2) is 4.99 Å². The molecule has 0 spiro atoms. The molecule has 1 atom stereocenters. The van der Waals surface area contributed by atoms with Gasteiger partial charge >= 0.3 is 0 Å². The predicted octanol–water partition coefficient (Wildman–Crippen LogP) is 4.27. The third kappa shape index (κ3) is 15.7. The van der Waals surface area contributed by atoms with E-state index in [2.05, 4.69) is 23.7 Å². The van der Waals surface area contributed by atoms with Gasteiger partial charge in [0.2, 0.25) is 5.91 Å². The van der Waals surface area contributed by atoms with Crippen molar-refractivity contribution in [3.63, 3.8) is 0 Å². The van der Waals surface area contributed by atoms with E-state index in [0.717, 1.165) is 25.9 Å². The Morgan fingerprint density at radius 1 is 1.00 bits per heavy atom. The first-order valence-electron chi connectivity index (χ1n) is 11.4. The summed E-state index contributed by atoms with van der Waals surface area (Å²) < 4.78 is 0. The van der Waals surface area contributed by atoms with E-state index in [9.17, 15) is 14.9 Å². The molecule has 0 aliphatic heterocycles. The minimum absolute atomic E-state index is 0.0683. The third-order valence-corrected chi connectivity index (χ3v) is 5.08. The fourth-order valence-electron chi connectivity index (χ4n) is 3.31.